The topological polar surface area (TPSA) is 37.3 Å². The second-order valence-corrected chi connectivity index (χ2v) is 9.57. The van der Waals surface area contributed by atoms with Crippen molar-refractivity contribution in [2.45, 2.75) is 39.5 Å². The van der Waals surface area contributed by atoms with Crippen LogP contribution in [-0.2, 0) is 4.79 Å². The fraction of sp³-hybridized carbons (Fsp3) is 0.219. The summed E-state index contributed by atoms with van der Waals surface area (Å²) in [6.07, 6.45) is 3.71. The van der Waals surface area contributed by atoms with Crippen molar-refractivity contribution in [2.75, 3.05) is 0 Å². The highest BCUT2D eigenvalue weighted by Gasteiger charge is 2.19. The Balaban J connectivity index is 0.000000188. The molecule has 7 aromatic rings. The number of carboxylic acid groups (broad SMARTS) is 1. The number of aliphatic carboxylic acids is 1. The molecule has 1 unspecified atom stereocenters. The van der Waals surface area contributed by atoms with Gasteiger partial charge < -0.3 is 5.11 Å². The Morgan fingerprint density at radius 2 is 0.853 bits per heavy atom. The van der Waals surface area contributed by atoms with Gasteiger partial charge in [-0.15, -0.1) is 0 Å². The number of carbonyl (C=O) groups is 1. The molecule has 0 heterocycles. The predicted octanol–water partition coefficient (Wildman–Crippen LogP) is 9.21. The van der Waals surface area contributed by atoms with Gasteiger partial charge in [0.2, 0.25) is 0 Å². The molecule has 0 aromatic heterocycles. The van der Waals surface area contributed by atoms with Gasteiger partial charge in [0.25, 0.3) is 0 Å². The van der Waals surface area contributed by atoms with Gasteiger partial charge in [0, 0.05) is 0 Å². The van der Waals surface area contributed by atoms with E-state index in [1.54, 1.807) is 0 Å². The zero-order chi connectivity index (χ0) is 23.4. The smallest absolute Gasteiger partial charge is 0.306 e. The molecule has 0 radical (unpaired) electrons. The molecule has 0 aliphatic carbocycles. The average Bonchev–Trinajstić information content (AvgIpc) is 2.87. The summed E-state index contributed by atoms with van der Waals surface area (Å²) < 4.78 is 0. The number of carboxylic acids is 1. The standard InChI is InChI=1S/C24H12.C8H16O2/c1-2-14-5-6-16-9-11-18-12-10-17-8-7-15-4-3-13(1)19-20(14)22(16)24(18)23(17)21(15)19;1-3-5-6-7(4-2)8(9)10/h1-12H;7H,3-6H2,1-2H3,(H,9,10). The number of hydrogen-bond acceptors (Lipinski definition) is 1. The van der Waals surface area contributed by atoms with E-state index in [1.165, 1.54) is 64.6 Å². The summed E-state index contributed by atoms with van der Waals surface area (Å²) >= 11 is 0. The molecule has 168 valence electrons. The molecule has 1 N–H and O–H groups in total. The van der Waals surface area contributed by atoms with Crippen molar-refractivity contribution < 1.29 is 9.90 Å². The SMILES string of the molecule is CCCCC(CC)C(=O)O.c1cc2ccc3ccc4ccc5ccc6ccc1c1c2c3c4c5c61. The zero-order valence-electron chi connectivity index (χ0n) is 19.7. The third-order valence-corrected chi connectivity index (χ3v) is 7.63. The summed E-state index contributed by atoms with van der Waals surface area (Å²) in [7, 11) is 0. The van der Waals surface area contributed by atoms with Gasteiger partial charge in [-0.3, -0.25) is 4.79 Å². The van der Waals surface area contributed by atoms with Crippen LogP contribution in [0.15, 0.2) is 72.8 Å². The molecule has 0 saturated heterocycles. The van der Waals surface area contributed by atoms with Crippen LogP contribution >= 0.6 is 0 Å². The van der Waals surface area contributed by atoms with Crippen molar-refractivity contribution >= 4 is 70.6 Å². The largest absolute Gasteiger partial charge is 0.481 e. The molecule has 0 spiro atoms. The van der Waals surface area contributed by atoms with Crippen LogP contribution in [0.2, 0.25) is 0 Å². The minimum Gasteiger partial charge on any atom is -0.481 e. The Labute approximate surface area is 198 Å². The fourth-order valence-corrected chi connectivity index (χ4v) is 5.85. The summed E-state index contributed by atoms with van der Waals surface area (Å²) in [6, 6.07) is 27.3. The summed E-state index contributed by atoms with van der Waals surface area (Å²) in [5, 5.41) is 25.3. The van der Waals surface area contributed by atoms with Crippen LogP contribution in [-0.4, -0.2) is 11.1 Å². The monoisotopic (exact) mass is 444 g/mol. The van der Waals surface area contributed by atoms with Crippen molar-refractivity contribution in [3.8, 4) is 0 Å². The first-order valence-corrected chi connectivity index (χ1v) is 12.4. The van der Waals surface area contributed by atoms with Gasteiger partial charge in [-0.25, -0.2) is 0 Å². The molecule has 0 aliphatic rings. The molecule has 0 fully saturated rings. The first-order valence-electron chi connectivity index (χ1n) is 12.4. The first kappa shape index (κ1) is 20.9. The Morgan fingerprint density at radius 1 is 0.588 bits per heavy atom. The molecule has 34 heavy (non-hydrogen) atoms. The average molecular weight is 445 g/mol. The Hall–Kier alpha value is -3.65. The summed E-state index contributed by atoms with van der Waals surface area (Å²) in [5.41, 5.74) is 0. The summed E-state index contributed by atoms with van der Waals surface area (Å²) in [4.78, 5) is 10.4. The molecule has 7 aromatic carbocycles. The van der Waals surface area contributed by atoms with Crippen molar-refractivity contribution in [1.82, 2.24) is 0 Å². The highest BCUT2D eigenvalue weighted by molar-refractivity contribution is 6.44. The van der Waals surface area contributed by atoms with Crippen LogP contribution in [0, 0.1) is 5.92 Å². The second-order valence-electron chi connectivity index (χ2n) is 9.57. The highest BCUT2D eigenvalue weighted by Crippen LogP contribution is 2.47. The van der Waals surface area contributed by atoms with Crippen LogP contribution in [0.25, 0.3) is 64.6 Å². The summed E-state index contributed by atoms with van der Waals surface area (Å²) in [5.74, 6) is -0.754. The van der Waals surface area contributed by atoms with Gasteiger partial charge in [-0.05, 0) is 77.5 Å². The first-order chi connectivity index (χ1) is 16.6. The number of unbranched alkanes of at least 4 members (excludes halogenated alkanes) is 1. The lowest BCUT2D eigenvalue weighted by Crippen LogP contribution is -2.11. The third kappa shape index (κ3) is 2.98. The maximum atomic E-state index is 10.4. The molecule has 0 amide bonds. The Morgan fingerprint density at radius 3 is 1.03 bits per heavy atom. The van der Waals surface area contributed by atoms with E-state index in [4.69, 9.17) is 5.11 Å². The maximum Gasteiger partial charge on any atom is 0.306 e. The number of benzene rings is 7. The normalized spacial score (nSPS) is 13.0. The molecule has 7 rings (SSSR count). The Bertz CT molecular complexity index is 1370. The van der Waals surface area contributed by atoms with Crippen LogP contribution in [0.1, 0.15) is 39.5 Å². The van der Waals surface area contributed by atoms with Crippen LogP contribution < -0.4 is 0 Å². The molecular formula is C32H28O2. The van der Waals surface area contributed by atoms with Gasteiger partial charge in [-0.2, -0.15) is 0 Å². The number of rotatable bonds is 5. The van der Waals surface area contributed by atoms with E-state index in [-0.39, 0.29) is 5.92 Å². The van der Waals surface area contributed by atoms with Gasteiger partial charge in [0.15, 0.2) is 0 Å². The van der Waals surface area contributed by atoms with Crippen LogP contribution in [0.3, 0.4) is 0 Å². The van der Waals surface area contributed by atoms with Crippen LogP contribution in [0.5, 0.6) is 0 Å². The number of hydrogen-bond donors (Lipinski definition) is 1. The van der Waals surface area contributed by atoms with Crippen molar-refractivity contribution in [3.63, 3.8) is 0 Å². The minimum atomic E-state index is -0.643. The van der Waals surface area contributed by atoms with E-state index in [0.29, 0.717) is 0 Å². The molecule has 2 nitrogen and oxygen atoms in total. The lowest BCUT2D eigenvalue weighted by atomic mass is 9.83. The second kappa shape index (κ2) is 7.99. The van der Waals surface area contributed by atoms with Gasteiger partial charge >= 0.3 is 5.97 Å². The quantitative estimate of drug-likeness (QED) is 0.212. The van der Waals surface area contributed by atoms with E-state index < -0.39 is 5.97 Å². The van der Waals surface area contributed by atoms with E-state index in [1.807, 2.05) is 6.92 Å². The van der Waals surface area contributed by atoms with Gasteiger partial charge in [0.1, 0.15) is 0 Å². The highest BCUT2D eigenvalue weighted by atomic mass is 16.4. The van der Waals surface area contributed by atoms with Crippen molar-refractivity contribution in [3.05, 3.63) is 72.8 Å². The van der Waals surface area contributed by atoms with Gasteiger partial charge in [0.05, 0.1) is 5.92 Å². The van der Waals surface area contributed by atoms with Crippen molar-refractivity contribution in [2.24, 2.45) is 5.92 Å². The zero-order valence-corrected chi connectivity index (χ0v) is 19.7. The van der Waals surface area contributed by atoms with E-state index in [9.17, 15) is 4.79 Å². The molecule has 0 aliphatic heterocycles. The summed E-state index contributed by atoms with van der Waals surface area (Å²) in [6.45, 7) is 4.00. The minimum absolute atomic E-state index is 0.111. The Kier molecular flexibility index (Phi) is 4.91. The predicted molar refractivity (Wildman–Crippen MR) is 146 cm³/mol. The lowest BCUT2D eigenvalue weighted by molar-refractivity contribution is -0.142. The lowest BCUT2D eigenvalue weighted by Gasteiger charge is -2.20. The molecule has 0 saturated carbocycles. The molecular weight excluding hydrogens is 416 g/mol. The molecule has 2 heteroatoms. The van der Waals surface area contributed by atoms with Crippen molar-refractivity contribution in [1.29, 1.82) is 0 Å². The van der Waals surface area contributed by atoms with E-state index in [2.05, 4.69) is 79.7 Å². The maximum absolute atomic E-state index is 10.4. The van der Waals surface area contributed by atoms with E-state index in [0.717, 1.165) is 25.7 Å². The molecule has 1 atom stereocenters. The van der Waals surface area contributed by atoms with Gasteiger partial charge in [-0.1, -0.05) is 99.5 Å². The fourth-order valence-electron chi connectivity index (χ4n) is 5.85. The van der Waals surface area contributed by atoms with E-state index >= 15 is 0 Å². The molecule has 0 bridgehead atoms. The third-order valence-electron chi connectivity index (χ3n) is 7.63. The van der Waals surface area contributed by atoms with Crippen LogP contribution in [0.4, 0.5) is 0 Å².